The second-order valence-corrected chi connectivity index (χ2v) is 10.2. The van der Waals surface area contributed by atoms with E-state index in [4.69, 9.17) is 0 Å². The van der Waals surface area contributed by atoms with Crippen LogP contribution >= 0.6 is 11.8 Å². The van der Waals surface area contributed by atoms with Crippen molar-refractivity contribution >= 4 is 28.6 Å². The molecule has 0 aliphatic heterocycles. The van der Waals surface area contributed by atoms with Crippen molar-refractivity contribution in [1.29, 1.82) is 0 Å². The molecule has 0 atom stereocenters. The van der Waals surface area contributed by atoms with Gasteiger partial charge in [0.1, 0.15) is 17.1 Å². The van der Waals surface area contributed by atoms with Gasteiger partial charge >= 0.3 is 0 Å². The summed E-state index contributed by atoms with van der Waals surface area (Å²) < 4.78 is 1.84. The molecule has 4 saturated carbocycles. The first kappa shape index (κ1) is 17.6. The first-order valence-electron chi connectivity index (χ1n) is 10.6. The van der Waals surface area contributed by atoms with Gasteiger partial charge in [-0.05, 0) is 68.4 Å². The highest BCUT2D eigenvalue weighted by Gasteiger charge is 2.54. The van der Waals surface area contributed by atoms with E-state index in [1.807, 2.05) is 41.2 Å². The molecule has 7 rings (SSSR count). The minimum atomic E-state index is -0.0396. The van der Waals surface area contributed by atoms with Gasteiger partial charge in [0.15, 0.2) is 5.65 Å². The van der Waals surface area contributed by atoms with Gasteiger partial charge in [0.25, 0.3) is 0 Å². The fourth-order valence-electron chi connectivity index (χ4n) is 6.43. The molecule has 2 heterocycles. The number of aromatic nitrogens is 4. The monoisotopic (exact) mass is 404 g/mol. The van der Waals surface area contributed by atoms with Crippen LogP contribution in [-0.2, 0) is 4.79 Å². The van der Waals surface area contributed by atoms with E-state index in [2.05, 4.69) is 15.1 Å². The molecule has 0 spiro atoms. The smallest absolute Gasteiger partial charge is 0.167 e. The zero-order chi connectivity index (χ0) is 19.4. The second-order valence-electron chi connectivity index (χ2n) is 9.22. The van der Waals surface area contributed by atoms with Crippen molar-refractivity contribution in [1.82, 2.24) is 19.7 Å². The molecule has 0 unspecified atom stereocenters. The Labute approximate surface area is 174 Å². The maximum Gasteiger partial charge on any atom is 0.167 e. The molecule has 2 aromatic heterocycles. The molecule has 4 aliphatic rings. The van der Waals surface area contributed by atoms with Crippen molar-refractivity contribution in [3.8, 4) is 5.69 Å². The zero-order valence-corrected chi connectivity index (χ0v) is 17.1. The molecule has 29 heavy (non-hydrogen) atoms. The summed E-state index contributed by atoms with van der Waals surface area (Å²) in [5.41, 5.74) is 1.72. The van der Waals surface area contributed by atoms with E-state index in [1.54, 1.807) is 18.1 Å². The summed E-state index contributed by atoms with van der Waals surface area (Å²) in [4.78, 5) is 22.3. The van der Waals surface area contributed by atoms with Crippen molar-refractivity contribution in [2.24, 2.45) is 23.2 Å². The lowest BCUT2D eigenvalue weighted by Crippen LogP contribution is -2.50. The number of carbonyl (C=O) groups is 1. The van der Waals surface area contributed by atoms with Gasteiger partial charge < -0.3 is 0 Å². The molecule has 6 heteroatoms. The van der Waals surface area contributed by atoms with Crippen LogP contribution in [0, 0.1) is 23.2 Å². The van der Waals surface area contributed by atoms with E-state index in [9.17, 15) is 4.79 Å². The molecule has 0 N–H and O–H groups in total. The molecule has 0 radical (unpaired) electrons. The number of nitrogens with zero attached hydrogens (tertiary/aromatic N) is 4. The predicted molar refractivity (Wildman–Crippen MR) is 113 cm³/mol. The van der Waals surface area contributed by atoms with Gasteiger partial charge in [-0.1, -0.05) is 30.0 Å². The molecule has 4 bridgehead atoms. The molecule has 4 fully saturated rings. The van der Waals surface area contributed by atoms with Crippen molar-refractivity contribution in [3.63, 3.8) is 0 Å². The van der Waals surface area contributed by atoms with E-state index >= 15 is 0 Å². The summed E-state index contributed by atoms with van der Waals surface area (Å²) in [5.74, 6) is 3.35. The largest absolute Gasteiger partial charge is 0.298 e. The van der Waals surface area contributed by atoms with Gasteiger partial charge in [-0.25, -0.2) is 14.6 Å². The van der Waals surface area contributed by atoms with Crippen molar-refractivity contribution in [2.75, 3.05) is 5.75 Å². The van der Waals surface area contributed by atoms with Gasteiger partial charge in [-0.3, -0.25) is 4.79 Å². The van der Waals surface area contributed by atoms with Gasteiger partial charge in [0.05, 0.1) is 23.0 Å². The number of thioether (sulfide) groups is 1. The van der Waals surface area contributed by atoms with Gasteiger partial charge in [0, 0.05) is 5.41 Å². The average molecular weight is 405 g/mol. The summed E-state index contributed by atoms with van der Waals surface area (Å²) in [6.45, 7) is 0. The van der Waals surface area contributed by atoms with E-state index in [0.717, 1.165) is 58.8 Å². The van der Waals surface area contributed by atoms with Crippen LogP contribution in [0.5, 0.6) is 0 Å². The Morgan fingerprint density at radius 2 is 1.72 bits per heavy atom. The number of ketones is 1. The normalized spacial score (nSPS) is 30.1. The van der Waals surface area contributed by atoms with Crippen LogP contribution in [0.15, 0.2) is 47.9 Å². The lowest BCUT2D eigenvalue weighted by molar-refractivity contribution is -0.141. The number of para-hydroxylation sites is 1. The third kappa shape index (κ3) is 2.91. The molecule has 0 amide bonds. The Morgan fingerprint density at radius 3 is 2.41 bits per heavy atom. The number of Topliss-reactive ketones (excluding diaryl/α,β-unsaturated/α-hetero) is 1. The number of rotatable bonds is 5. The van der Waals surface area contributed by atoms with Crippen LogP contribution < -0.4 is 0 Å². The van der Waals surface area contributed by atoms with Gasteiger partial charge in [-0.15, -0.1) is 0 Å². The molecule has 3 aromatic rings. The zero-order valence-electron chi connectivity index (χ0n) is 16.3. The van der Waals surface area contributed by atoms with Gasteiger partial charge in [-0.2, -0.15) is 5.10 Å². The third-order valence-corrected chi connectivity index (χ3v) is 8.31. The molecule has 5 nitrogen and oxygen atoms in total. The van der Waals surface area contributed by atoms with Crippen molar-refractivity contribution < 1.29 is 4.79 Å². The van der Waals surface area contributed by atoms with Crippen LogP contribution in [0.1, 0.15) is 38.5 Å². The standard InChI is InChI=1S/C23H24N4OS/c28-20(23-9-15-6-16(10-23)8-17(7-15)11-23)13-29-22-19-12-26-27(21(19)24-14-25-22)18-4-2-1-3-5-18/h1-5,12,14-17H,6-11,13H2. The lowest BCUT2D eigenvalue weighted by atomic mass is 9.48. The fourth-order valence-corrected chi connectivity index (χ4v) is 7.43. The maximum absolute atomic E-state index is 13.3. The fraction of sp³-hybridized carbons (Fsp3) is 0.478. The summed E-state index contributed by atoms with van der Waals surface area (Å²) in [5, 5.41) is 6.30. The van der Waals surface area contributed by atoms with Crippen LogP contribution in [0.2, 0.25) is 0 Å². The van der Waals surface area contributed by atoms with Crippen molar-refractivity contribution in [2.45, 2.75) is 43.6 Å². The molecule has 0 saturated heterocycles. The number of fused-ring (bicyclic) bond motifs is 1. The first-order chi connectivity index (χ1) is 14.2. The minimum Gasteiger partial charge on any atom is -0.298 e. The van der Waals surface area contributed by atoms with Crippen LogP contribution in [0.3, 0.4) is 0 Å². The number of benzene rings is 1. The average Bonchev–Trinajstić information content (AvgIpc) is 3.16. The Kier molecular flexibility index (Phi) is 4.05. The lowest BCUT2D eigenvalue weighted by Gasteiger charge is -2.56. The van der Waals surface area contributed by atoms with E-state index in [-0.39, 0.29) is 5.41 Å². The number of hydrogen-bond donors (Lipinski definition) is 0. The quantitative estimate of drug-likeness (QED) is 0.456. The predicted octanol–water partition coefficient (Wildman–Crippen LogP) is 4.69. The highest BCUT2D eigenvalue weighted by Crippen LogP contribution is 2.60. The van der Waals surface area contributed by atoms with E-state index in [1.165, 1.54) is 19.3 Å². The second kappa shape index (κ2) is 6.66. The first-order valence-corrected chi connectivity index (χ1v) is 11.6. The molecule has 4 aliphatic carbocycles. The van der Waals surface area contributed by atoms with E-state index < -0.39 is 0 Å². The highest BCUT2D eigenvalue weighted by molar-refractivity contribution is 8.00. The SMILES string of the molecule is O=C(CSc1ncnc2c1cnn2-c1ccccc1)C12CC3CC(CC(C3)C1)C2. The Balaban J connectivity index is 1.24. The Hall–Kier alpha value is -2.21. The topological polar surface area (TPSA) is 60.7 Å². The molecular weight excluding hydrogens is 380 g/mol. The third-order valence-electron chi connectivity index (χ3n) is 7.30. The summed E-state index contributed by atoms with van der Waals surface area (Å²) >= 11 is 1.56. The van der Waals surface area contributed by atoms with Gasteiger partial charge in [0.2, 0.25) is 0 Å². The summed E-state index contributed by atoms with van der Waals surface area (Å²) in [7, 11) is 0. The number of carbonyl (C=O) groups excluding carboxylic acids is 1. The molecule has 1 aromatic carbocycles. The minimum absolute atomic E-state index is 0.0396. The molecule has 148 valence electrons. The highest BCUT2D eigenvalue weighted by atomic mass is 32.2. The summed E-state index contributed by atoms with van der Waals surface area (Å²) in [6.07, 6.45) is 10.9. The molecular formula is C23H24N4OS. The Morgan fingerprint density at radius 1 is 1.03 bits per heavy atom. The van der Waals surface area contributed by atoms with E-state index in [0.29, 0.717) is 11.5 Å². The van der Waals surface area contributed by atoms with Crippen molar-refractivity contribution in [3.05, 3.63) is 42.9 Å². The van der Waals surface area contributed by atoms with Crippen LogP contribution in [0.4, 0.5) is 0 Å². The summed E-state index contributed by atoms with van der Waals surface area (Å²) in [6, 6.07) is 9.99. The maximum atomic E-state index is 13.3. The Bertz CT molecular complexity index is 1040. The van der Waals surface area contributed by atoms with Crippen LogP contribution in [-0.4, -0.2) is 31.3 Å². The number of hydrogen-bond acceptors (Lipinski definition) is 5. The van der Waals surface area contributed by atoms with Crippen LogP contribution in [0.25, 0.3) is 16.7 Å².